The van der Waals surface area contributed by atoms with Crippen molar-refractivity contribution < 1.29 is 90.2 Å². The van der Waals surface area contributed by atoms with Crippen molar-refractivity contribution in [2.24, 2.45) is 30.7 Å². The molecule has 32 nitrogen and oxygen atoms in total. The molecule has 9 N–H and O–H groups in total. The minimum Gasteiger partial charge on any atom is -0.748 e. The Labute approximate surface area is 795 Å². The molecule has 135 heavy (non-hydrogen) atoms. The van der Waals surface area contributed by atoms with Gasteiger partial charge in [0.25, 0.3) is 0 Å². The van der Waals surface area contributed by atoms with Crippen molar-refractivity contribution in [3.63, 3.8) is 0 Å². The van der Waals surface area contributed by atoms with Crippen LogP contribution in [0.2, 0.25) is 0 Å². The normalized spacial score (nSPS) is 15.0. The number of amides is 3. The number of carbonyl (C=O) groups is 4. The zero-order valence-electron chi connectivity index (χ0n) is 78.7. The van der Waals surface area contributed by atoms with Gasteiger partial charge in [-0.2, -0.15) is 25.0 Å². The average molecular weight is 1930 g/mol. The zero-order valence-corrected chi connectivity index (χ0v) is 81.9. The molecule has 2 aliphatic heterocycles. The molecular weight excluding hydrogens is 1800 g/mol. The van der Waals surface area contributed by atoms with Crippen LogP contribution >= 0.6 is 0 Å². The van der Waals surface area contributed by atoms with Crippen LogP contribution in [0.3, 0.4) is 0 Å². The van der Waals surface area contributed by atoms with Gasteiger partial charge < -0.3 is 64.3 Å². The number of benzene rings is 7. The highest BCUT2D eigenvalue weighted by Crippen LogP contribution is 2.49. The lowest BCUT2D eigenvalue weighted by Crippen LogP contribution is -2.34. The molecule has 0 aromatic heterocycles. The van der Waals surface area contributed by atoms with Crippen LogP contribution < -0.4 is 41.8 Å². The second-order valence-electron chi connectivity index (χ2n) is 35.1. The first kappa shape index (κ1) is 108. The van der Waals surface area contributed by atoms with E-state index in [1.807, 2.05) is 38.1 Å². The highest BCUT2D eigenvalue weighted by atomic mass is 32.2. The second-order valence-corrected chi connectivity index (χ2v) is 41.2. The number of azo groups is 2. The summed E-state index contributed by atoms with van der Waals surface area (Å²) >= 11 is 0. The zero-order chi connectivity index (χ0) is 97.8. The van der Waals surface area contributed by atoms with Crippen molar-refractivity contribution in [1.29, 1.82) is 0 Å². The number of sulfonamides is 2. The maximum atomic E-state index is 12.9. The predicted molar refractivity (Wildman–Crippen MR) is 523 cm³/mol. The van der Waals surface area contributed by atoms with Crippen molar-refractivity contribution in [3.8, 4) is 0 Å². The van der Waals surface area contributed by atoms with Gasteiger partial charge in [0, 0.05) is 130 Å². The maximum absolute atomic E-state index is 12.9. The number of fused-ring (bicyclic) bond motifs is 2. The maximum Gasteiger partial charge on any atom is 0.407 e. The number of nitrogens with zero attached hydrogens (tertiary/aromatic N) is 6. The van der Waals surface area contributed by atoms with E-state index in [-0.39, 0.29) is 50.5 Å². The van der Waals surface area contributed by atoms with Crippen molar-refractivity contribution in [2.75, 3.05) is 120 Å². The predicted octanol–water partition coefficient (Wildman–Crippen LogP) is 16.6. The standard InChI is InChI=1S/C73H93N7O12S3.C26H38N6O7S/c1-7-8-11-44-79-66-37-21-53(2)51-64(66)72(3,4)68(79)39-26-55-17-14-18-56(27-40-69-73(5,6)65-52-63(95(88,89)90)36-38-67(65)80(69)45-12-13-50-93(83,84)85)71(55)57-24-22-54(23-25-57)16-9-10-19-61(81)20-15-46-91-48-49-92-47-43-76-70(82)41-42-75-58-28-30-59(31-29-58)77-78-60-32-34-62(35-33-60)94(74,86)87;1-26(2,3)39-25(34)30-15-17-38-19-18-37-16-14-29-24(33)12-13-28-20-4-6-21(7-5-20)31-32-22-8-10-23(11-9-22)40(27,35)36/h21-40,51-52H,7-20,41-50H2,1-6H3,(H5-,74,75,76,78,82,83,84,85,86,87,88,89,90);4-11,28H,12-19H2,1-3H3,(H,29,33)(H,30,34)(H2,27,35,36)/p-1. The lowest BCUT2D eigenvalue weighted by molar-refractivity contribution is -0.438. The quantitative estimate of drug-likeness (QED) is 0.00806. The summed E-state index contributed by atoms with van der Waals surface area (Å²) in [6.45, 7) is 24.7. The van der Waals surface area contributed by atoms with Crippen LogP contribution in [-0.4, -0.2) is 187 Å². The Hall–Kier alpha value is -10.9. The summed E-state index contributed by atoms with van der Waals surface area (Å²) < 4.78 is 147. The summed E-state index contributed by atoms with van der Waals surface area (Å²) in [5.41, 5.74) is 15.4. The van der Waals surface area contributed by atoms with E-state index < -0.39 is 63.1 Å². The molecule has 2 heterocycles. The molecule has 0 bridgehead atoms. The van der Waals surface area contributed by atoms with Crippen LogP contribution in [0.1, 0.15) is 180 Å². The molecule has 10 rings (SSSR count). The van der Waals surface area contributed by atoms with Gasteiger partial charge in [-0.3, -0.25) is 14.4 Å². The summed E-state index contributed by atoms with van der Waals surface area (Å²) in [6, 6.07) is 45.9. The third-order valence-electron chi connectivity index (χ3n) is 22.6. The van der Waals surface area contributed by atoms with Gasteiger partial charge in [0.2, 0.25) is 37.5 Å². The summed E-state index contributed by atoms with van der Waals surface area (Å²) in [5.74, 6) is -0.489. The van der Waals surface area contributed by atoms with E-state index in [1.165, 1.54) is 94.3 Å². The highest BCUT2D eigenvalue weighted by Gasteiger charge is 2.45. The number of anilines is 3. The summed E-state index contributed by atoms with van der Waals surface area (Å²) in [4.78, 5) is 51.0. The molecule has 36 heteroatoms. The Morgan fingerprint density at radius 3 is 1.54 bits per heavy atom. The van der Waals surface area contributed by atoms with Gasteiger partial charge in [0.1, 0.15) is 28.0 Å². The Balaban J connectivity index is 0.000000426. The van der Waals surface area contributed by atoms with Crippen molar-refractivity contribution >= 4 is 121 Å². The van der Waals surface area contributed by atoms with Crippen LogP contribution in [0.15, 0.2) is 234 Å². The van der Waals surface area contributed by atoms with Gasteiger partial charge in [0.15, 0.2) is 5.71 Å². The molecule has 730 valence electrons. The fraction of sp³-hybridized carbons (Fsp3) is 0.444. The number of nitrogens with two attached hydrogens (primary N) is 2. The van der Waals surface area contributed by atoms with Gasteiger partial charge >= 0.3 is 6.09 Å². The van der Waals surface area contributed by atoms with E-state index in [0.717, 1.165) is 104 Å². The van der Waals surface area contributed by atoms with E-state index >= 15 is 0 Å². The number of nitrogens with one attached hydrogen (secondary N) is 5. The van der Waals surface area contributed by atoms with Gasteiger partial charge in [-0.25, -0.2) is 48.7 Å². The summed E-state index contributed by atoms with van der Waals surface area (Å²) in [7, 11) is -16.7. The van der Waals surface area contributed by atoms with Gasteiger partial charge in [-0.1, -0.05) is 87.7 Å². The SMILES string of the molecule is CC(C)(C)OC(=O)NCCOCCOCCNC(=O)CCNc1ccc(N=Nc2ccc(S(N)(=O)=O)cc2)cc1.CCCCCN1C(=CC=C2CCCC(C=CC3=[N+](CCCCS(=O)(=O)[O-])c4ccc(S(=O)(=O)[O-])cc4C3(C)C)=C2c2ccc(CCCCC(=O)CCCOCCOCCNC(=O)CCNc3ccc(N=Nc4ccc(S(N)(=O)=O)cc4)cc3)cc2)C(C)(C)c2cc(C)ccc21. The van der Waals surface area contributed by atoms with E-state index in [9.17, 15) is 62.0 Å². The first-order chi connectivity index (χ1) is 64.1. The molecule has 3 amide bonds. The number of hydrogen-bond donors (Lipinski definition) is 7. The number of ketones is 1. The number of aryl methyl sites for hydroxylation is 2. The fourth-order valence-electron chi connectivity index (χ4n) is 15.6. The van der Waals surface area contributed by atoms with Gasteiger partial charge in [-0.05, 0) is 254 Å². The molecule has 1 aliphatic carbocycles. The molecule has 7 aromatic rings. The summed E-state index contributed by atoms with van der Waals surface area (Å²) in [5, 5.41) is 41.3. The smallest absolute Gasteiger partial charge is 0.407 e. The minimum absolute atomic E-state index is 0.00476. The third-order valence-corrected chi connectivity index (χ3v) is 26.1. The van der Waals surface area contributed by atoms with Gasteiger partial charge in [0.05, 0.1) is 99.2 Å². The average Bonchev–Trinajstić information content (AvgIpc) is 1.56. The van der Waals surface area contributed by atoms with Crippen LogP contribution in [0.5, 0.6) is 0 Å². The Kier molecular flexibility index (Phi) is 41.4. The molecule has 0 atom stereocenters. The van der Waals surface area contributed by atoms with Crippen molar-refractivity contribution in [3.05, 3.63) is 227 Å². The molecule has 0 saturated heterocycles. The van der Waals surface area contributed by atoms with Crippen LogP contribution in [-0.2, 0) is 95.6 Å². The molecule has 0 unspecified atom stereocenters. The Morgan fingerprint density at radius 2 is 1.03 bits per heavy atom. The van der Waals surface area contributed by atoms with Crippen molar-refractivity contribution in [2.45, 2.75) is 196 Å². The number of primary sulfonamides is 2. The third kappa shape index (κ3) is 36.0. The van der Waals surface area contributed by atoms with E-state index in [4.69, 9.17) is 34.0 Å². The highest BCUT2D eigenvalue weighted by molar-refractivity contribution is 7.89. The number of rotatable bonds is 52. The lowest BCUT2D eigenvalue weighted by atomic mass is 9.79. The first-order valence-corrected chi connectivity index (χ1v) is 51.8. The molecule has 0 spiro atoms. The van der Waals surface area contributed by atoms with Crippen molar-refractivity contribution in [1.82, 2.24) is 16.0 Å². The van der Waals surface area contributed by atoms with Crippen LogP contribution in [0.4, 0.5) is 50.3 Å². The molecule has 0 radical (unpaired) electrons. The second kappa shape index (κ2) is 51.9. The Morgan fingerprint density at radius 1 is 0.519 bits per heavy atom. The number of alkyl carbamates (subject to hydrolysis) is 1. The number of carbonyl (C=O) groups excluding carboxylic acids is 4. The minimum atomic E-state index is -4.76. The number of ether oxygens (including phenoxy) is 5. The largest absolute Gasteiger partial charge is 0.748 e. The molecule has 0 saturated carbocycles. The van der Waals surface area contributed by atoms with E-state index in [0.29, 0.717) is 153 Å². The first-order valence-electron chi connectivity index (χ1n) is 45.7. The molecule has 0 fully saturated rings. The number of allylic oxidation sites excluding steroid dienone is 8. The summed E-state index contributed by atoms with van der Waals surface area (Å²) in [6.07, 6.45) is 19.5. The monoisotopic (exact) mass is 1930 g/mol. The van der Waals surface area contributed by atoms with Crippen LogP contribution in [0, 0.1) is 6.92 Å². The van der Waals surface area contributed by atoms with Gasteiger partial charge in [-0.15, -0.1) is 0 Å². The number of unbranched alkanes of at least 4 members (excludes halogenated alkanes) is 4. The Bertz CT molecular complexity index is 5860. The lowest BCUT2D eigenvalue weighted by Gasteiger charge is -2.28. The van der Waals surface area contributed by atoms with E-state index in [1.54, 1.807) is 51.1 Å². The number of hydrogen-bond acceptors (Lipinski definition) is 26. The molecule has 7 aromatic carbocycles. The van der Waals surface area contributed by atoms with E-state index in [2.05, 4.69) is 151 Å². The van der Waals surface area contributed by atoms with Crippen LogP contribution in [0.25, 0.3) is 5.57 Å². The topological polar surface area (TPSA) is 465 Å². The molecule has 3 aliphatic rings. The number of Topliss-reactive ketones (excluding diaryl/α,β-unsaturated/α-hetero) is 1. The molecular formula is C99H130N13O19S4-. The fourth-order valence-corrected chi connectivity index (χ4v) is 17.7.